The largest absolute Gasteiger partial charge is 0.389 e. The first kappa shape index (κ1) is 14.3. The minimum absolute atomic E-state index is 0.451. The summed E-state index contributed by atoms with van der Waals surface area (Å²) in [4.78, 5) is 7.35. The number of nitrogens with zero attached hydrogens (tertiary/aromatic N) is 2. The summed E-state index contributed by atoms with van der Waals surface area (Å²) in [6.45, 7) is 8.29. The minimum atomic E-state index is 0.451. The number of aromatic nitrogens is 1. The van der Waals surface area contributed by atoms with Crippen molar-refractivity contribution in [3.63, 3.8) is 0 Å². The molecule has 0 unspecified atom stereocenters. The normalized spacial score (nSPS) is 15.1. The van der Waals surface area contributed by atoms with E-state index < -0.39 is 0 Å². The molecule has 1 aliphatic rings. The number of hydrogen-bond donors (Lipinski definition) is 1. The Bertz CT molecular complexity index is 481. The number of nitrogens with two attached hydrogens (primary N) is 1. The van der Waals surface area contributed by atoms with Crippen LogP contribution in [0.3, 0.4) is 0 Å². The van der Waals surface area contributed by atoms with E-state index in [1.54, 1.807) is 0 Å². The van der Waals surface area contributed by atoms with E-state index in [0.29, 0.717) is 4.99 Å². The number of rotatable bonds is 5. The quantitative estimate of drug-likeness (QED) is 0.840. The molecule has 0 spiro atoms. The molecule has 0 saturated heterocycles. The van der Waals surface area contributed by atoms with E-state index in [1.807, 2.05) is 13.8 Å². The van der Waals surface area contributed by atoms with Gasteiger partial charge in [0.15, 0.2) is 0 Å². The number of thiocarbonyl (C=S) groups is 1. The van der Waals surface area contributed by atoms with Crippen LogP contribution in [0, 0.1) is 19.8 Å². The van der Waals surface area contributed by atoms with Crippen LogP contribution < -0.4 is 10.6 Å². The lowest BCUT2D eigenvalue weighted by molar-refractivity contribution is 0.318. The smallest absolute Gasteiger partial charge is 0.107 e. The highest BCUT2D eigenvalue weighted by atomic mass is 32.1. The van der Waals surface area contributed by atoms with Crippen LogP contribution in [-0.4, -0.2) is 23.1 Å². The van der Waals surface area contributed by atoms with Crippen LogP contribution in [0.5, 0.6) is 0 Å². The molecule has 19 heavy (non-hydrogen) atoms. The second-order valence-electron chi connectivity index (χ2n) is 5.44. The molecule has 0 radical (unpaired) electrons. The maximum Gasteiger partial charge on any atom is 0.107 e. The van der Waals surface area contributed by atoms with Gasteiger partial charge in [0.2, 0.25) is 0 Å². The van der Waals surface area contributed by atoms with Crippen LogP contribution in [0.15, 0.2) is 6.07 Å². The third-order valence-corrected chi connectivity index (χ3v) is 4.18. The van der Waals surface area contributed by atoms with E-state index in [-0.39, 0.29) is 0 Å². The lowest BCUT2D eigenvalue weighted by Gasteiger charge is -2.34. The molecular weight excluding hydrogens is 254 g/mol. The molecule has 0 aromatic carbocycles. The van der Waals surface area contributed by atoms with Gasteiger partial charge in [-0.05, 0) is 45.6 Å². The van der Waals surface area contributed by atoms with Crippen molar-refractivity contribution in [2.75, 3.05) is 18.0 Å². The van der Waals surface area contributed by atoms with Gasteiger partial charge in [0.1, 0.15) is 4.99 Å². The Morgan fingerprint density at radius 2 is 2.16 bits per heavy atom. The van der Waals surface area contributed by atoms with Gasteiger partial charge in [0, 0.05) is 24.5 Å². The predicted octanol–water partition coefficient (Wildman–Crippen LogP) is 2.96. The molecule has 2 rings (SSSR count). The van der Waals surface area contributed by atoms with Crippen molar-refractivity contribution in [3.8, 4) is 0 Å². The molecule has 1 saturated carbocycles. The summed E-state index contributed by atoms with van der Waals surface area (Å²) < 4.78 is 0. The molecule has 0 aliphatic heterocycles. The van der Waals surface area contributed by atoms with E-state index >= 15 is 0 Å². The fraction of sp³-hybridized carbons (Fsp3) is 0.600. The van der Waals surface area contributed by atoms with Crippen LogP contribution in [0.1, 0.15) is 43.1 Å². The Morgan fingerprint density at radius 1 is 1.47 bits per heavy atom. The van der Waals surface area contributed by atoms with Gasteiger partial charge < -0.3 is 10.6 Å². The van der Waals surface area contributed by atoms with Gasteiger partial charge in [-0.1, -0.05) is 18.6 Å². The van der Waals surface area contributed by atoms with E-state index in [4.69, 9.17) is 18.0 Å². The highest BCUT2D eigenvalue weighted by molar-refractivity contribution is 7.80. The fourth-order valence-corrected chi connectivity index (χ4v) is 3.00. The summed E-state index contributed by atoms with van der Waals surface area (Å²) in [5.41, 5.74) is 9.97. The summed E-state index contributed by atoms with van der Waals surface area (Å²) >= 11 is 5.21. The van der Waals surface area contributed by atoms with Crippen LogP contribution in [0.25, 0.3) is 0 Å². The number of aryl methyl sites for hydroxylation is 2. The molecule has 1 heterocycles. The lowest BCUT2D eigenvalue weighted by Crippen LogP contribution is -2.34. The molecule has 1 fully saturated rings. The standard InChI is InChI=1S/C15H23N3S/c1-4-18(9-12-6-5-7-12)13-8-10(2)17-11(3)14(13)15(16)19/h8,12H,4-7,9H2,1-3H3,(H2,16,19). The van der Waals surface area contributed by atoms with E-state index in [9.17, 15) is 0 Å². The van der Waals surface area contributed by atoms with Crippen molar-refractivity contribution in [1.82, 2.24) is 4.98 Å². The molecule has 1 aromatic rings. The first-order valence-electron chi connectivity index (χ1n) is 7.06. The Kier molecular flexibility index (Phi) is 4.40. The maximum absolute atomic E-state index is 5.90. The second-order valence-corrected chi connectivity index (χ2v) is 5.88. The molecule has 0 bridgehead atoms. The SMILES string of the molecule is CCN(CC1CCC1)c1cc(C)nc(C)c1C(N)=S. The zero-order valence-corrected chi connectivity index (χ0v) is 12.9. The number of pyridine rings is 1. The highest BCUT2D eigenvalue weighted by Crippen LogP contribution is 2.31. The van der Waals surface area contributed by atoms with E-state index in [1.165, 1.54) is 19.3 Å². The average molecular weight is 277 g/mol. The van der Waals surface area contributed by atoms with E-state index in [0.717, 1.165) is 41.6 Å². The number of anilines is 1. The second kappa shape index (κ2) is 5.87. The molecule has 4 heteroatoms. The van der Waals surface area contributed by atoms with Gasteiger partial charge in [-0.25, -0.2) is 0 Å². The molecule has 0 amide bonds. The minimum Gasteiger partial charge on any atom is -0.389 e. The van der Waals surface area contributed by atoms with Gasteiger partial charge in [-0.3, -0.25) is 4.98 Å². The Hall–Kier alpha value is -1.16. The van der Waals surface area contributed by atoms with Gasteiger partial charge in [0.25, 0.3) is 0 Å². The zero-order chi connectivity index (χ0) is 14.0. The summed E-state index contributed by atoms with van der Waals surface area (Å²) in [5, 5.41) is 0. The molecule has 2 N–H and O–H groups in total. The predicted molar refractivity (Wildman–Crippen MR) is 84.8 cm³/mol. The summed E-state index contributed by atoms with van der Waals surface area (Å²) in [6.07, 6.45) is 4.07. The van der Waals surface area contributed by atoms with Gasteiger partial charge in [0.05, 0.1) is 11.3 Å². The zero-order valence-electron chi connectivity index (χ0n) is 12.1. The van der Waals surface area contributed by atoms with Crippen LogP contribution in [0.4, 0.5) is 5.69 Å². The molecule has 1 aliphatic carbocycles. The van der Waals surface area contributed by atoms with Crippen molar-refractivity contribution >= 4 is 22.9 Å². The summed E-state index contributed by atoms with van der Waals surface area (Å²) in [6, 6.07) is 2.11. The molecule has 104 valence electrons. The van der Waals surface area contributed by atoms with Crippen LogP contribution in [-0.2, 0) is 0 Å². The van der Waals surface area contributed by atoms with Crippen molar-refractivity contribution in [2.24, 2.45) is 11.7 Å². The highest BCUT2D eigenvalue weighted by Gasteiger charge is 2.23. The lowest BCUT2D eigenvalue weighted by atomic mass is 9.85. The Morgan fingerprint density at radius 3 is 2.63 bits per heavy atom. The van der Waals surface area contributed by atoms with Crippen LogP contribution >= 0.6 is 12.2 Å². The summed E-state index contributed by atoms with van der Waals surface area (Å²) in [5.74, 6) is 0.827. The van der Waals surface area contributed by atoms with Crippen molar-refractivity contribution in [1.29, 1.82) is 0 Å². The number of hydrogen-bond acceptors (Lipinski definition) is 3. The maximum atomic E-state index is 5.90. The molecule has 0 atom stereocenters. The van der Waals surface area contributed by atoms with Crippen molar-refractivity contribution < 1.29 is 0 Å². The van der Waals surface area contributed by atoms with Crippen molar-refractivity contribution in [3.05, 3.63) is 23.0 Å². The van der Waals surface area contributed by atoms with Gasteiger partial charge in [-0.2, -0.15) is 0 Å². The first-order chi connectivity index (χ1) is 9.02. The topological polar surface area (TPSA) is 42.2 Å². The summed E-state index contributed by atoms with van der Waals surface area (Å²) in [7, 11) is 0. The Labute approximate surface area is 121 Å². The fourth-order valence-electron chi connectivity index (χ4n) is 2.75. The third-order valence-electron chi connectivity index (χ3n) is 3.98. The Balaban J connectivity index is 2.36. The third kappa shape index (κ3) is 3.06. The van der Waals surface area contributed by atoms with Crippen LogP contribution in [0.2, 0.25) is 0 Å². The first-order valence-corrected chi connectivity index (χ1v) is 7.46. The molecule has 3 nitrogen and oxygen atoms in total. The monoisotopic (exact) mass is 277 g/mol. The molecular formula is C15H23N3S. The van der Waals surface area contributed by atoms with Gasteiger partial charge in [-0.15, -0.1) is 0 Å². The average Bonchev–Trinajstić information content (AvgIpc) is 2.26. The van der Waals surface area contributed by atoms with Gasteiger partial charge >= 0.3 is 0 Å². The van der Waals surface area contributed by atoms with E-state index in [2.05, 4.69) is 22.9 Å². The molecule has 1 aromatic heterocycles. The van der Waals surface area contributed by atoms with Crippen molar-refractivity contribution in [2.45, 2.75) is 40.0 Å².